The van der Waals surface area contributed by atoms with E-state index in [0.717, 1.165) is 22.6 Å². The van der Waals surface area contributed by atoms with Crippen molar-refractivity contribution in [1.82, 2.24) is 15.5 Å². The topological polar surface area (TPSA) is 88.6 Å². The van der Waals surface area contributed by atoms with Crippen molar-refractivity contribution in [2.75, 3.05) is 7.11 Å². The first kappa shape index (κ1) is 19.6. The average molecular weight is 408 g/mol. The molecule has 0 fully saturated rings. The summed E-state index contributed by atoms with van der Waals surface area (Å²) in [5, 5.41) is 13.9. The number of aromatic nitrogens is 2. The van der Waals surface area contributed by atoms with Crippen LogP contribution in [0.5, 0.6) is 5.75 Å². The van der Waals surface area contributed by atoms with Crippen molar-refractivity contribution in [1.29, 1.82) is 0 Å². The number of nitrogens with zero attached hydrogens (tertiary/aromatic N) is 2. The number of benzene rings is 2. The predicted octanol–water partition coefficient (Wildman–Crippen LogP) is 3.42. The molecule has 1 aromatic heterocycles. The Hall–Kier alpha value is -3.68. The van der Waals surface area contributed by atoms with E-state index in [4.69, 9.17) is 9.57 Å². The molecule has 0 bridgehead atoms. The molecule has 154 valence electrons. The summed E-state index contributed by atoms with van der Waals surface area (Å²) in [5.74, 6) is 0.0246. The molecule has 2 heterocycles. The Bertz CT molecular complexity index is 1090. The van der Waals surface area contributed by atoms with Crippen molar-refractivity contribution >= 4 is 11.6 Å². The fraction of sp³-hybridized carbons (Fsp3) is 0.227. The van der Waals surface area contributed by atoms with Crippen LogP contribution in [0.2, 0.25) is 0 Å². The Morgan fingerprint density at radius 3 is 2.77 bits per heavy atom. The maximum absolute atomic E-state index is 14.0. The zero-order valence-corrected chi connectivity index (χ0v) is 16.6. The predicted molar refractivity (Wildman–Crippen MR) is 109 cm³/mol. The van der Waals surface area contributed by atoms with E-state index >= 15 is 0 Å². The standard InChI is InChI=1S/C22H21FN4O3/c1-22(11-19(27-30-22)17-5-3-4-6-18(17)23)21(28)24-12-15-13-25-26-20(15)14-7-9-16(29-2)10-8-14/h3-10,13H,11-12H2,1-2H3,(H,24,28)(H,25,26). The number of oxime groups is 1. The van der Waals surface area contributed by atoms with Crippen LogP contribution in [0.4, 0.5) is 4.39 Å². The summed E-state index contributed by atoms with van der Waals surface area (Å²) in [4.78, 5) is 18.2. The lowest BCUT2D eigenvalue weighted by Crippen LogP contribution is -2.44. The molecule has 1 atom stereocenters. The summed E-state index contributed by atoms with van der Waals surface area (Å²) in [6.07, 6.45) is 1.84. The Balaban J connectivity index is 1.42. The molecule has 0 saturated carbocycles. The number of ether oxygens (including phenoxy) is 1. The van der Waals surface area contributed by atoms with E-state index in [1.165, 1.54) is 6.07 Å². The first-order valence-corrected chi connectivity index (χ1v) is 9.45. The number of hydrogen-bond acceptors (Lipinski definition) is 5. The molecule has 3 aromatic rings. The molecule has 1 aliphatic rings. The minimum absolute atomic E-state index is 0.177. The van der Waals surface area contributed by atoms with E-state index in [-0.39, 0.29) is 18.9 Å². The van der Waals surface area contributed by atoms with E-state index in [9.17, 15) is 9.18 Å². The zero-order valence-electron chi connectivity index (χ0n) is 16.6. The van der Waals surface area contributed by atoms with Gasteiger partial charge in [-0.3, -0.25) is 9.89 Å². The van der Waals surface area contributed by atoms with Crippen molar-refractivity contribution in [3.05, 3.63) is 71.7 Å². The number of hydrogen-bond donors (Lipinski definition) is 2. The summed E-state index contributed by atoms with van der Waals surface area (Å²) in [5.41, 5.74) is 2.09. The third-order valence-corrected chi connectivity index (χ3v) is 5.06. The SMILES string of the molecule is COc1ccc(-c2[nH]ncc2CNC(=O)C2(C)CC(c3ccccc3F)=NO2)cc1. The minimum atomic E-state index is -1.21. The molecule has 1 unspecified atom stereocenters. The molecule has 2 N–H and O–H groups in total. The van der Waals surface area contributed by atoms with Gasteiger partial charge < -0.3 is 14.9 Å². The summed E-state index contributed by atoms with van der Waals surface area (Å²) in [6.45, 7) is 1.89. The monoisotopic (exact) mass is 408 g/mol. The van der Waals surface area contributed by atoms with Gasteiger partial charge in [0.1, 0.15) is 11.6 Å². The lowest BCUT2D eigenvalue weighted by atomic mass is 9.94. The second-order valence-electron chi connectivity index (χ2n) is 7.20. The molecule has 4 rings (SSSR count). The van der Waals surface area contributed by atoms with Crippen LogP contribution < -0.4 is 10.1 Å². The number of H-pyrrole nitrogens is 1. The Kier molecular flexibility index (Phi) is 5.22. The molecule has 0 saturated heterocycles. The molecule has 1 aliphatic heterocycles. The number of carbonyl (C=O) groups excluding carboxylic acids is 1. The van der Waals surface area contributed by atoms with Gasteiger partial charge in [-0.05, 0) is 37.3 Å². The fourth-order valence-electron chi connectivity index (χ4n) is 3.32. The quantitative estimate of drug-likeness (QED) is 0.654. The van der Waals surface area contributed by atoms with E-state index in [1.54, 1.807) is 38.4 Å². The van der Waals surface area contributed by atoms with Crippen molar-refractivity contribution in [2.24, 2.45) is 5.16 Å². The molecule has 0 aliphatic carbocycles. The number of amides is 1. The van der Waals surface area contributed by atoms with Crippen LogP contribution >= 0.6 is 0 Å². The fourth-order valence-corrected chi connectivity index (χ4v) is 3.32. The molecular formula is C22H21FN4O3. The summed E-state index contributed by atoms with van der Waals surface area (Å²) >= 11 is 0. The van der Waals surface area contributed by atoms with Gasteiger partial charge in [-0.2, -0.15) is 5.10 Å². The lowest BCUT2D eigenvalue weighted by Gasteiger charge is -2.20. The normalized spacial score (nSPS) is 17.9. The smallest absolute Gasteiger partial charge is 0.267 e. The van der Waals surface area contributed by atoms with Crippen molar-refractivity contribution in [3.8, 4) is 17.0 Å². The molecule has 7 nitrogen and oxygen atoms in total. The highest BCUT2D eigenvalue weighted by Crippen LogP contribution is 2.28. The van der Waals surface area contributed by atoms with Gasteiger partial charge in [0.15, 0.2) is 0 Å². The van der Waals surface area contributed by atoms with Crippen LogP contribution in [0.25, 0.3) is 11.3 Å². The summed E-state index contributed by atoms with van der Waals surface area (Å²) in [7, 11) is 1.61. The summed E-state index contributed by atoms with van der Waals surface area (Å²) < 4.78 is 19.2. The number of carbonyl (C=O) groups is 1. The van der Waals surface area contributed by atoms with Crippen LogP contribution in [0, 0.1) is 5.82 Å². The van der Waals surface area contributed by atoms with Crippen LogP contribution in [0.1, 0.15) is 24.5 Å². The number of aromatic amines is 1. The van der Waals surface area contributed by atoms with Crippen molar-refractivity contribution < 1.29 is 18.8 Å². The van der Waals surface area contributed by atoms with Crippen molar-refractivity contribution in [2.45, 2.75) is 25.5 Å². The van der Waals surface area contributed by atoms with Gasteiger partial charge in [-0.15, -0.1) is 0 Å². The van der Waals surface area contributed by atoms with Crippen LogP contribution in [-0.4, -0.2) is 34.5 Å². The maximum Gasteiger partial charge on any atom is 0.267 e. The van der Waals surface area contributed by atoms with Gasteiger partial charge in [-0.1, -0.05) is 23.4 Å². The zero-order chi connectivity index (χ0) is 21.1. The van der Waals surface area contributed by atoms with Gasteiger partial charge in [0, 0.05) is 29.7 Å². The van der Waals surface area contributed by atoms with Gasteiger partial charge in [0.05, 0.1) is 24.7 Å². The molecule has 1 amide bonds. The van der Waals surface area contributed by atoms with Gasteiger partial charge in [0.25, 0.3) is 5.91 Å². The third-order valence-electron chi connectivity index (χ3n) is 5.06. The molecule has 0 spiro atoms. The van der Waals surface area contributed by atoms with Gasteiger partial charge in [0.2, 0.25) is 5.60 Å². The molecular weight excluding hydrogens is 387 g/mol. The molecule has 0 radical (unpaired) electrons. The highest BCUT2D eigenvalue weighted by atomic mass is 19.1. The van der Waals surface area contributed by atoms with Gasteiger partial charge >= 0.3 is 0 Å². The van der Waals surface area contributed by atoms with E-state index in [2.05, 4.69) is 20.7 Å². The first-order chi connectivity index (χ1) is 14.5. The highest BCUT2D eigenvalue weighted by Gasteiger charge is 2.42. The Morgan fingerprint density at radius 1 is 1.27 bits per heavy atom. The number of methoxy groups -OCH3 is 1. The van der Waals surface area contributed by atoms with Crippen LogP contribution in [-0.2, 0) is 16.2 Å². The Morgan fingerprint density at radius 2 is 2.03 bits per heavy atom. The summed E-state index contributed by atoms with van der Waals surface area (Å²) in [6, 6.07) is 13.8. The molecule has 2 aromatic carbocycles. The van der Waals surface area contributed by atoms with E-state index in [0.29, 0.717) is 11.3 Å². The first-order valence-electron chi connectivity index (χ1n) is 9.45. The van der Waals surface area contributed by atoms with Crippen LogP contribution in [0.3, 0.4) is 0 Å². The maximum atomic E-state index is 14.0. The highest BCUT2D eigenvalue weighted by molar-refractivity contribution is 6.05. The second-order valence-corrected chi connectivity index (χ2v) is 7.20. The van der Waals surface area contributed by atoms with E-state index < -0.39 is 11.4 Å². The molecule has 8 heteroatoms. The average Bonchev–Trinajstić information content (AvgIpc) is 3.40. The number of rotatable bonds is 6. The third kappa shape index (κ3) is 3.76. The largest absolute Gasteiger partial charge is 0.497 e. The molecule has 30 heavy (non-hydrogen) atoms. The van der Waals surface area contributed by atoms with Crippen LogP contribution in [0.15, 0.2) is 59.9 Å². The minimum Gasteiger partial charge on any atom is -0.497 e. The number of nitrogens with one attached hydrogen (secondary N) is 2. The lowest BCUT2D eigenvalue weighted by molar-refractivity contribution is -0.141. The van der Waals surface area contributed by atoms with Gasteiger partial charge in [-0.25, -0.2) is 4.39 Å². The van der Waals surface area contributed by atoms with Crippen molar-refractivity contribution in [3.63, 3.8) is 0 Å². The van der Waals surface area contributed by atoms with E-state index in [1.807, 2.05) is 24.3 Å². The Labute approximate surface area is 172 Å². The number of halogens is 1. The second kappa shape index (κ2) is 7.98.